The Morgan fingerprint density at radius 3 is 1.43 bits per heavy atom. The molecule has 0 fully saturated rings. The smallest absolute Gasteiger partial charge is 0.164 e. The topological polar surface area (TPSA) is 51.8 Å². The van der Waals surface area contributed by atoms with Gasteiger partial charge in [-0.25, -0.2) is 15.0 Å². The third-order valence-electron chi connectivity index (χ3n) is 6.55. The second kappa shape index (κ2) is 8.85. The van der Waals surface area contributed by atoms with Gasteiger partial charge in [0.15, 0.2) is 17.5 Å². The van der Waals surface area contributed by atoms with Crippen molar-refractivity contribution in [2.75, 3.05) is 0 Å². The van der Waals surface area contributed by atoms with Crippen LogP contribution in [0.3, 0.4) is 0 Å². The van der Waals surface area contributed by atoms with Gasteiger partial charge in [-0.3, -0.25) is 0 Å². The molecule has 0 aliphatic rings. The molecule has 4 nitrogen and oxygen atoms in total. The Labute approximate surface area is 213 Å². The lowest BCUT2D eigenvalue weighted by molar-refractivity contribution is 0.669. The molecule has 0 saturated carbocycles. The van der Waals surface area contributed by atoms with Crippen molar-refractivity contribution < 1.29 is 4.42 Å². The summed E-state index contributed by atoms with van der Waals surface area (Å²) in [7, 11) is 0. The fourth-order valence-electron chi connectivity index (χ4n) is 4.66. The van der Waals surface area contributed by atoms with Gasteiger partial charge in [0.2, 0.25) is 0 Å². The lowest BCUT2D eigenvalue weighted by atomic mass is 10.0. The van der Waals surface area contributed by atoms with Gasteiger partial charge in [0.05, 0.1) is 0 Å². The Balaban J connectivity index is 1.30. The summed E-state index contributed by atoms with van der Waals surface area (Å²) in [5.74, 6) is 1.96. The summed E-state index contributed by atoms with van der Waals surface area (Å²) in [6.45, 7) is 0. The maximum Gasteiger partial charge on any atom is 0.164 e. The lowest BCUT2D eigenvalue weighted by Crippen LogP contribution is -2.00. The summed E-state index contributed by atoms with van der Waals surface area (Å²) in [4.78, 5) is 14.5. The van der Waals surface area contributed by atoms with Crippen LogP contribution in [-0.2, 0) is 0 Å². The summed E-state index contributed by atoms with van der Waals surface area (Å²) in [5, 5.41) is 2.25. The molecule has 2 heterocycles. The molecule has 0 radical (unpaired) electrons. The first-order chi connectivity index (χ1) is 18.3. The van der Waals surface area contributed by atoms with Crippen LogP contribution in [0.1, 0.15) is 0 Å². The van der Waals surface area contributed by atoms with E-state index in [0.717, 1.165) is 49.8 Å². The fourth-order valence-corrected chi connectivity index (χ4v) is 4.66. The second-order valence-corrected chi connectivity index (χ2v) is 8.92. The summed E-state index contributed by atoms with van der Waals surface area (Å²) >= 11 is 0. The van der Waals surface area contributed by atoms with Gasteiger partial charge in [-0.2, -0.15) is 0 Å². The summed E-state index contributed by atoms with van der Waals surface area (Å²) in [6.07, 6.45) is 0. The predicted molar refractivity (Wildman–Crippen MR) is 149 cm³/mol. The van der Waals surface area contributed by atoms with Crippen molar-refractivity contribution >= 4 is 21.9 Å². The van der Waals surface area contributed by atoms with Crippen LogP contribution in [0.5, 0.6) is 0 Å². The van der Waals surface area contributed by atoms with Crippen molar-refractivity contribution in [3.63, 3.8) is 0 Å². The van der Waals surface area contributed by atoms with E-state index in [1.807, 2.05) is 84.9 Å². The molecule has 7 rings (SSSR count). The molecule has 174 valence electrons. The Kier molecular flexibility index (Phi) is 5.07. The van der Waals surface area contributed by atoms with Crippen molar-refractivity contribution in [1.29, 1.82) is 0 Å². The zero-order valence-corrected chi connectivity index (χ0v) is 19.9. The van der Waals surface area contributed by atoms with E-state index in [-0.39, 0.29) is 0 Å². The third-order valence-corrected chi connectivity index (χ3v) is 6.55. The van der Waals surface area contributed by atoms with E-state index >= 15 is 0 Å². The number of furan rings is 1. The van der Waals surface area contributed by atoms with Crippen LogP contribution in [0.25, 0.3) is 67.2 Å². The molecule has 37 heavy (non-hydrogen) atoms. The molecular weight excluding hydrogens is 454 g/mol. The highest BCUT2D eigenvalue weighted by Crippen LogP contribution is 2.33. The molecule has 0 N–H and O–H groups in total. The lowest BCUT2D eigenvalue weighted by Gasteiger charge is -2.09. The highest BCUT2D eigenvalue weighted by Gasteiger charge is 2.13. The Bertz CT molecular complexity index is 1800. The summed E-state index contributed by atoms with van der Waals surface area (Å²) < 4.78 is 5.99. The minimum atomic E-state index is 0.649. The molecule has 5 aromatic carbocycles. The molecule has 0 spiro atoms. The Morgan fingerprint density at radius 2 is 0.811 bits per heavy atom. The fraction of sp³-hybridized carbons (Fsp3) is 0. The van der Waals surface area contributed by atoms with Crippen LogP contribution in [-0.4, -0.2) is 15.0 Å². The molecule has 0 saturated heterocycles. The van der Waals surface area contributed by atoms with Crippen LogP contribution in [0, 0.1) is 0 Å². The molecule has 4 heteroatoms. The molecule has 0 atom stereocenters. The van der Waals surface area contributed by atoms with Gasteiger partial charge in [0.25, 0.3) is 0 Å². The highest BCUT2D eigenvalue weighted by atomic mass is 16.3. The van der Waals surface area contributed by atoms with E-state index in [9.17, 15) is 0 Å². The van der Waals surface area contributed by atoms with Crippen molar-refractivity contribution in [1.82, 2.24) is 15.0 Å². The maximum atomic E-state index is 5.99. The quantitative estimate of drug-likeness (QED) is 0.256. The molecule has 0 unspecified atom stereocenters. The highest BCUT2D eigenvalue weighted by molar-refractivity contribution is 6.06. The van der Waals surface area contributed by atoms with Gasteiger partial charge in [0.1, 0.15) is 11.2 Å². The maximum absolute atomic E-state index is 5.99. The Morgan fingerprint density at radius 1 is 0.351 bits per heavy atom. The van der Waals surface area contributed by atoms with E-state index in [4.69, 9.17) is 19.4 Å². The minimum Gasteiger partial charge on any atom is -0.456 e. The average molecular weight is 476 g/mol. The van der Waals surface area contributed by atoms with Crippen molar-refractivity contribution in [3.8, 4) is 45.3 Å². The molecule has 0 aliphatic carbocycles. The molecule has 2 aromatic heterocycles. The number of nitrogens with zero attached hydrogens (tertiary/aromatic N) is 3. The largest absolute Gasteiger partial charge is 0.456 e. The summed E-state index contributed by atoms with van der Waals surface area (Å²) in [5.41, 5.74) is 6.92. The zero-order valence-electron chi connectivity index (χ0n) is 19.9. The van der Waals surface area contributed by atoms with Gasteiger partial charge >= 0.3 is 0 Å². The molecule has 7 aromatic rings. The van der Waals surface area contributed by atoms with Gasteiger partial charge in [0, 0.05) is 27.5 Å². The number of hydrogen-bond acceptors (Lipinski definition) is 4. The van der Waals surface area contributed by atoms with E-state index in [0.29, 0.717) is 17.5 Å². The molecule has 0 amide bonds. The van der Waals surface area contributed by atoms with E-state index < -0.39 is 0 Å². The SMILES string of the molecule is c1ccc(-c2nc(-c3ccccc3)nc(-c3ccc(-c4ccc5oc6ccccc6c5c4)cc3)n2)cc1. The first-order valence-electron chi connectivity index (χ1n) is 12.2. The number of benzene rings is 5. The van der Waals surface area contributed by atoms with Crippen LogP contribution in [0.15, 0.2) is 132 Å². The molecule has 0 bridgehead atoms. The van der Waals surface area contributed by atoms with Gasteiger partial charge in [-0.1, -0.05) is 109 Å². The average Bonchev–Trinajstić information content (AvgIpc) is 3.36. The number of aromatic nitrogens is 3. The first-order valence-corrected chi connectivity index (χ1v) is 12.2. The van der Waals surface area contributed by atoms with Crippen molar-refractivity contribution in [2.45, 2.75) is 0 Å². The third kappa shape index (κ3) is 3.95. The standard InChI is InChI=1S/C33H21N3O/c1-3-9-23(10-4-1)31-34-32(24-11-5-2-6-12-24)36-33(35-31)25-17-15-22(16-18-25)26-19-20-30-28(21-26)27-13-7-8-14-29(27)37-30/h1-21H. The van der Waals surface area contributed by atoms with Gasteiger partial charge in [-0.05, 0) is 29.3 Å². The van der Waals surface area contributed by atoms with E-state index in [1.54, 1.807) is 0 Å². The normalized spacial score (nSPS) is 11.2. The second-order valence-electron chi connectivity index (χ2n) is 8.92. The Hall–Kier alpha value is -5.09. The van der Waals surface area contributed by atoms with E-state index in [1.165, 1.54) is 0 Å². The van der Waals surface area contributed by atoms with Crippen LogP contribution < -0.4 is 0 Å². The monoisotopic (exact) mass is 475 g/mol. The summed E-state index contributed by atoms with van der Waals surface area (Å²) in [6, 6.07) is 42.9. The van der Waals surface area contributed by atoms with Crippen molar-refractivity contribution in [2.24, 2.45) is 0 Å². The zero-order chi connectivity index (χ0) is 24.6. The molecule has 0 aliphatic heterocycles. The number of rotatable bonds is 4. The van der Waals surface area contributed by atoms with E-state index in [2.05, 4.69) is 42.5 Å². The number of fused-ring (bicyclic) bond motifs is 3. The van der Waals surface area contributed by atoms with Gasteiger partial charge in [-0.15, -0.1) is 0 Å². The van der Waals surface area contributed by atoms with Crippen LogP contribution in [0.2, 0.25) is 0 Å². The van der Waals surface area contributed by atoms with Crippen LogP contribution in [0.4, 0.5) is 0 Å². The van der Waals surface area contributed by atoms with Gasteiger partial charge < -0.3 is 4.42 Å². The first kappa shape index (κ1) is 21.2. The number of hydrogen-bond donors (Lipinski definition) is 0. The van der Waals surface area contributed by atoms with Crippen molar-refractivity contribution in [3.05, 3.63) is 127 Å². The predicted octanol–water partition coefficient (Wildman–Crippen LogP) is 8.44. The molecular formula is C33H21N3O. The van der Waals surface area contributed by atoms with Crippen LogP contribution >= 0.6 is 0 Å². The minimum absolute atomic E-state index is 0.649. The number of para-hydroxylation sites is 1.